The highest BCUT2D eigenvalue weighted by molar-refractivity contribution is 7.13. The standard InChI is InChI=1S/C28H27N5S/c1-18-12-24(26-4-2-11-34-26)30-23-15-20(5-6-22(18)23)28-31-27(25-16-29-7-10-33(25)28)21-13-19(14-21)17-32-8-3-9-32/h2,4-7,10-12,15-16,19,21H,3,8-9,13-14,17H2,1H3. The van der Waals surface area contributed by atoms with Gasteiger partial charge in [-0.05, 0) is 74.3 Å². The molecule has 34 heavy (non-hydrogen) atoms. The fourth-order valence-electron chi connectivity index (χ4n) is 5.59. The van der Waals surface area contributed by atoms with Gasteiger partial charge in [-0.15, -0.1) is 11.3 Å². The second-order valence-corrected chi connectivity index (χ2v) is 10.8. The van der Waals surface area contributed by atoms with Crippen molar-refractivity contribution in [2.24, 2.45) is 5.92 Å². The maximum absolute atomic E-state index is 5.21. The third-order valence-corrected chi connectivity index (χ3v) is 8.50. The van der Waals surface area contributed by atoms with Gasteiger partial charge in [-0.1, -0.05) is 18.2 Å². The van der Waals surface area contributed by atoms with Crippen molar-refractivity contribution in [3.63, 3.8) is 0 Å². The number of fused-ring (bicyclic) bond motifs is 2. The third-order valence-electron chi connectivity index (χ3n) is 7.61. The van der Waals surface area contributed by atoms with E-state index in [4.69, 9.17) is 9.97 Å². The molecule has 170 valence electrons. The molecule has 6 heteroatoms. The molecular formula is C28H27N5S. The van der Waals surface area contributed by atoms with Gasteiger partial charge in [0.1, 0.15) is 5.82 Å². The van der Waals surface area contributed by atoms with Gasteiger partial charge < -0.3 is 4.90 Å². The summed E-state index contributed by atoms with van der Waals surface area (Å²) in [6.45, 7) is 6.00. The summed E-state index contributed by atoms with van der Waals surface area (Å²) in [6, 6.07) is 13.0. The topological polar surface area (TPSA) is 46.3 Å². The van der Waals surface area contributed by atoms with Crippen molar-refractivity contribution in [2.45, 2.75) is 32.1 Å². The molecule has 1 saturated carbocycles. The summed E-state index contributed by atoms with van der Waals surface area (Å²) >= 11 is 1.73. The van der Waals surface area contributed by atoms with Crippen molar-refractivity contribution in [1.82, 2.24) is 24.3 Å². The van der Waals surface area contributed by atoms with Crippen molar-refractivity contribution in [3.8, 4) is 22.0 Å². The largest absolute Gasteiger partial charge is 0.303 e. The van der Waals surface area contributed by atoms with Crippen LogP contribution in [0.3, 0.4) is 0 Å². The number of likely N-dealkylation sites (tertiary alicyclic amines) is 1. The molecule has 5 heterocycles. The molecule has 0 spiro atoms. The average Bonchev–Trinajstić information content (AvgIpc) is 3.45. The number of thiophene rings is 1. The SMILES string of the molecule is Cc1cc(-c2cccs2)nc2cc(-c3nc(C4CC(CN5CCC5)C4)c4cnccn34)ccc12. The van der Waals surface area contributed by atoms with Crippen LogP contribution in [0.4, 0.5) is 0 Å². The third kappa shape index (κ3) is 3.36. The normalized spacial score (nSPS) is 20.5. The Morgan fingerprint density at radius 3 is 2.79 bits per heavy atom. The number of aryl methyl sites for hydroxylation is 1. The molecule has 7 rings (SSSR count). The smallest absolute Gasteiger partial charge is 0.145 e. The summed E-state index contributed by atoms with van der Waals surface area (Å²) in [5.41, 5.74) is 6.76. The molecule has 5 nitrogen and oxygen atoms in total. The Kier molecular flexibility index (Phi) is 4.77. The Balaban J connectivity index is 1.27. The van der Waals surface area contributed by atoms with Crippen LogP contribution >= 0.6 is 11.3 Å². The van der Waals surface area contributed by atoms with Crippen LogP contribution in [-0.4, -0.2) is 43.9 Å². The number of aromatic nitrogens is 4. The zero-order valence-electron chi connectivity index (χ0n) is 19.3. The summed E-state index contributed by atoms with van der Waals surface area (Å²) in [4.78, 5) is 18.5. The monoisotopic (exact) mass is 465 g/mol. The summed E-state index contributed by atoms with van der Waals surface area (Å²) in [6.07, 6.45) is 9.72. The Morgan fingerprint density at radius 2 is 2.00 bits per heavy atom. The fourth-order valence-corrected chi connectivity index (χ4v) is 6.28. The molecule has 0 unspecified atom stereocenters. The molecule has 4 aromatic heterocycles. The Hall–Kier alpha value is -3.09. The van der Waals surface area contributed by atoms with E-state index in [1.54, 1.807) is 11.3 Å². The summed E-state index contributed by atoms with van der Waals surface area (Å²) in [7, 11) is 0. The minimum absolute atomic E-state index is 0.533. The number of hydrogen-bond donors (Lipinski definition) is 0. The maximum atomic E-state index is 5.21. The zero-order chi connectivity index (χ0) is 22.6. The average molecular weight is 466 g/mol. The lowest BCUT2D eigenvalue weighted by atomic mass is 9.72. The van der Waals surface area contributed by atoms with Gasteiger partial charge in [0.15, 0.2) is 0 Å². The first-order valence-corrected chi connectivity index (χ1v) is 13.1. The lowest BCUT2D eigenvalue weighted by Crippen LogP contribution is -2.43. The number of benzene rings is 1. The molecule has 1 aliphatic carbocycles. The summed E-state index contributed by atoms with van der Waals surface area (Å²) in [5, 5.41) is 3.30. The van der Waals surface area contributed by atoms with Gasteiger partial charge in [0.05, 0.1) is 33.5 Å². The highest BCUT2D eigenvalue weighted by Crippen LogP contribution is 2.44. The molecule has 0 atom stereocenters. The molecule has 1 aliphatic heterocycles. The van der Waals surface area contributed by atoms with E-state index >= 15 is 0 Å². The van der Waals surface area contributed by atoms with E-state index in [-0.39, 0.29) is 0 Å². The first kappa shape index (κ1) is 20.3. The maximum Gasteiger partial charge on any atom is 0.145 e. The van der Waals surface area contributed by atoms with Crippen molar-refractivity contribution >= 4 is 27.8 Å². The molecule has 2 fully saturated rings. The van der Waals surface area contributed by atoms with E-state index in [1.807, 2.05) is 18.6 Å². The zero-order valence-corrected chi connectivity index (χ0v) is 20.1. The van der Waals surface area contributed by atoms with Crippen LogP contribution in [0.2, 0.25) is 0 Å². The van der Waals surface area contributed by atoms with Gasteiger partial charge >= 0.3 is 0 Å². The molecule has 0 bridgehead atoms. The number of rotatable bonds is 5. The molecule has 5 aromatic rings. The van der Waals surface area contributed by atoms with E-state index in [0.29, 0.717) is 5.92 Å². The second kappa shape index (κ2) is 8.00. The number of imidazole rings is 1. The van der Waals surface area contributed by atoms with Gasteiger partial charge in [-0.3, -0.25) is 9.38 Å². The molecule has 1 saturated heterocycles. The number of pyridine rings is 1. The molecule has 1 aromatic carbocycles. The van der Waals surface area contributed by atoms with Crippen LogP contribution in [0.5, 0.6) is 0 Å². The van der Waals surface area contributed by atoms with E-state index < -0.39 is 0 Å². The molecule has 0 radical (unpaired) electrons. The second-order valence-electron chi connectivity index (χ2n) is 9.87. The Labute approximate surface area is 203 Å². The van der Waals surface area contributed by atoms with Gasteiger partial charge in [0.25, 0.3) is 0 Å². The number of nitrogens with zero attached hydrogens (tertiary/aromatic N) is 5. The van der Waals surface area contributed by atoms with E-state index in [9.17, 15) is 0 Å². The predicted molar refractivity (Wildman–Crippen MR) is 138 cm³/mol. The summed E-state index contributed by atoms with van der Waals surface area (Å²) in [5.74, 6) is 2.33. The molecule has 2 aliphatic rings. The van der Waals surface area contributed by atoms with Crippen LogP contribution in [-0.2, 0) is 0 Å². The van der Waals surface area contributed by atoms with Crippen molar-refractivity contribution in [3.05, 3.63) is 71.6 Å². The molecule has 0 N–H and O–H groups in total. The van der Waals surface area contributed by atoms with Crippen molar-refractivity contribution in [1.29, 1.82) is 0 Å². The highest BCUT2D eigenvalue weighted by Gasteiger charge is 2.35. The predicted octanol–water partition coefficient (Wildman–Crippen LogP) is 6.18. The van der Waals surface area contributed by atoms with E-state index in [1.165, 1.54) is 60.4 Å². The first-order chi connectivity index (χ1) is 16.7. The van der Waals surface area contributed by atoms with E-state index in [0.717, 1.165) is 34.0 Å². The van der Waals surface area contributed by atoms with Crippen LogP contribution < -0.4 is 0 Å². The van der Waals surface area contributed by atoms with Crippen molar-refractivity contribution < 1.29 is 0 Å². The number of hydrogen-bond acceptors (Lipinski definition) is 5. The molecular weight excluding hydrogens is 438 g/mol. The highest BCUT2D eigenvalue weighted by atomic mass is 32.1. The minimum atomic E-state index is 0.533. The molecule has 0 amide bonds. The lowest BCUT2D eigenvalue weighted by molar-refractivity contribution is 0.109. The van der Waals surface area contributed by atoms with Gasteiger partial charge in [0, 0.05) is 35.8 Å². The van der Waals surface area contributed by atoms with Crippen LogP contribution in [0, 0.1) is 12.8 Å². The minimum Gasteiger partial charge on any atom is -0.303 e. The quantitative estimate of drug-likeness (QED) is 0.311. The van der Waals surface area contributed by atoms with Crippen LogP contribution in [0.25, 0.3) is 38.4 Å². The fraction of sp³-hybridized carbons (Fsp3) is 0.321. The Morgan fingerprint density at radius 1 is 1.09 bits per heavy atom. The van der Waals surface area contributed by atoms with E-state index in [2.05, 4.69) is 63.0 Å². The van der Waals surface area contributed by atoms with Crippen LogP contribution in [0.1, 0.15) is 36.4 Å². The van der Waals surface area contributed by atoms with Gasteiger partial charge in [0.2, 0.25) is 0 Å². The summed E-state index contributed by atoms with van der Waals surface area (Å²) < 4.78 is 2.21. The van der Waals surface area contributed by atoms with Crippen molar-refractivity contribution in [2.75, 3.05) is 19.6 Å². The van der Waals surface area contributed by atoms with Crippen LogP contribution in [0.15, 0.2) is 60.4 Å². The first-order valence-electron chi connectivity index (χ1n) is 12.2. The lowest BCUT2D eigenvalue weighted by Gasteiger charge is -2.41. The van der Waals surface area contributed by atoms with Gasteiger partial charge in [-0.2, -0.15) is 0 Å². The Bertz CT molecular complexity index is 1490. The van der Waals surface area contributed by atoms with Gasteiger partial charge in [-0.25, -0.2) is 9.97 Å².